The van der Waals surface area contributed by atoms with E-state index in [1.807, 2.05) is 30.9 Å². The second-order valence-corrected chi connectivity index (χ2v) is 8.81. The van der Waals surface area contributed by atoms with E-state index in [9.17, 15) is 4.79 Å². The van der Waals surface area contributed by atoms with Crippen LogP contribution in [0.4, 0.5) is 10.5 Å². The third-order valence-corrected chi connectivity index (χ3v) is 6.56. The molecule has 1 atom stereocenters. The Balaban J connectivity index is 1.63. The van der Waals surface area contributed by atoms with E-state index in [0.717, 1.165) is 45.7 Å². The number of nitrogens with zero attached hydrogens (tertiary/aromatic N) is 2. The van der Waals surface area contributed by atoms with Gasteiger partial charge in [-0.1, -0.05) is 61.5 Å². The number of urea groups is 1. The van der Waals surface area contributed by atoms with Gasteiger partial charge in [-0.15, -0.1) is 0 Å². The Morgan fingerprint density at radius 1 is 0.970 bits per heavy atom. The Bertz CT molecular complexity index is 1300. The molecule has 0 radical (unpaired) electrons. The second kappa shape index (κ2) is 8.62. The Labute approximate surface area is 195 Å². The number of fused-ring (bicyclic) bond motifs is 3. The first kappa shape index (κ1) is 21.1. The number of carbonyl (C=O) groups is 1. The highest BCUT2D eigenvalue weighted by Crippen LogP contribution is 2.37. The minimum atomic E-state index is -0.205. The summed E-state index contributed by atoms with van der Waals surface area (Å²) in [5.41, 5.74) is 8.75. The first-order valence-corrected chi connectivity index (χ1v) is 11.5. The highest BCUT2D eigenvalue weighted by atomic mass is 16.2. The molecule has 2 amide bonds. The van der Waals surface area contributed by atoms with Crippen molar-refractivity contribution in [2.45, 2.75) is 39.8 Å². The van der Waals surface area contributed by atoms with Crippen molar-refractivity contribution in [3.8, 4) is 5.69 Å². The number of aromatic nitrogens is 1. The molecule has 0 bridgehead atoms. The van der Waals surface area contributed by atoms with Crippen molar-refractivity contribution in [1.29, 1.82) is 0 Å². The first-order chi connectivity index (χ1) is 16.0. The largest absolute Gasteiger partial charge is 0.322 e. The van der Waals surface area contributed by atoms with Crippen LogP contribution in [-0.2, 0) is 13.0 Å². The maximum absolute atomic E-state index is 13.8. The lowest BCUT2D eigenvalue weighted by molar-refractivity contribution is 0.194. The molecule has 0 fully saturated rings. The Morgan fingerprint density at radius 2 is 1.76 bits per heavy atom. The predicted molar refractivity (Wildman–Crippen MR) is 134 cm³/mol. The van der Waals surface area contributed by atoms with Crippen LogP contribution in [0.5, 0.6) is 0 Å². The Kier molecular flexibility index (Phi) is 5.51. The van der Waals surface area contributed by atoms with E-state index in [1.54, 1.807) is 0 Å². The molecule has 4 heteroatoms. The molecular formula is C29H29N3O. The molecule has 3 aromatic carbocycles. The second-order valence-electron chi connectivity index (χ2n) is 8.81. The normalized spacial score (nSPS) is 14.9. The quantitative estimate of drug-likeness (QED) is 0.378. The van der Waals surface area contributed by atoms with Gasteiger partial charge in [-0.05, 0) is 72.4 Å². The SMILES string of the molecule is CCc1ccc([C@@H]2c3cccn3-c3ccccc3CN2C(=O)Nc2cc(C)ccc2C)cc1. The number of hydrogen-bond acceptors (Lipinski definition) is 1. The number of para-hydroxylation sites is 1. The zero-order valence-corrected chi connectivity index (χ0v) is 19.4. The maximum atomic E-state index is 13.8. The van der Waals surface area contributed by atoms with Crippen LogP contribution < -0.4 is 5.32 Å². The van der Waals surface area contributed by atoms with Gasteiger partial charge in [0.05, 0.1) is 18.3 Å². The summed E-state index contributed by atoms with van der Waals surface area (Å²) in [4.78, 5) is 15.8. The van der Waals surface area contributed by atoms with Crippen molar-refractivity contribution in [3.05, 3.63) is 119 Å². The third kappa shape index (κ3) is 3.93. The Morgan fingerprint density at radius 3 is 2.55 bits per heavy atom. The van der Waals surface area contributed by atoms with Crippen LogP contribution in [0, 0.1) is 13.8 Å². The van der Waals surface area contributed by atoms with Gasteiger partial charge < -0.3 is 14.8 Å². The molecule has 2 heterocycles. The fourth-order valence-corrected chi connectivity index (χ4v) is 4.68. The van der Waals surface area contributed by atoms with Crippen LogP contribution in [-0.4, -0.2) is 15.5 Å². The molecular weight excluding hydrogens is 406 g/mol. The lowest BCUT2D eigenvalue weighted by Crippen LogP contribution is -2.38. The molecule has 1 aliphatic heterocycles. The molecule has 1 aliphatic rings. The molecule has 5 rings (SSSR count). The molecule has 4 aromatic rings. The smallest absolute Gasteiger partial charge is 0.318 e. The van der Waals surface area contributed by atoms with E-state index in [-0.39, 0.29) is 12.1 Å². The van der Waals surface area contributed by atoms with Crippen LogP contribution >= 0.6 is 0 Å². The summed E-state index contributed by atoms with van der Waals surface area (Å²) < 4.78 is 2.22. The van der Waals surface area contributed by atoms with Crippen molar-refractivity contribution in [3.63, 3.8) is 0 Å². The van der Waals surface area contributed by atoms with Gasteiger partial charge in [-0.25, -0.2) is 4.79 Å². The van der Waals surface area contributed by atoms with Crippen molar-refractivity contribution in [1.82, 2.24) is 9.47 Å². The zero-order valence-electron chi connectivity index (χ0n) is 19.4. The molecule has 0 saturated heterocycles. The highest BCUT2D eigenvalue weighted by molar-refractivity contribution is 5.91. The lowest BCUT2D eigenvalue weighted by atomic mass is 9.99. The molecule has 0 aliphatic carbocycles. The number of nitrogens with one attached hydrogen (secondary N) is 1. The summed E-state index contributed by atoms with van der Waals surface area (Å²) in [6, 6.07) is 27.0. The van der Waals surface area contributed by atoms with E-state index < -0.39 is 0 Å². The zero-order chi connectivity index (χ0) is 22.9. The van der Waals surface area contributed by atoms with Crippen LogP contribution in [0.2, 0.25) is 0 Å². The fourth-order valence-electron chi connectivity index (χ4n) is 4.68. The van der Waals surface area contributed by atoms with E-state index in [0.29, 0.717) is 6.54 Å². The van der Waals surface area contributed by atoms with Crippen LogP contribution in [0.1, 0.15) is 46.5 Å². The van der Waals surface area contributed by atoms with Crippen molar-refractivity contribution >= 4 is 11.7 Å². The Hall–Kier alpha value is -3.79. The average molecular weight is 436 g/mol. The van der Waals surface area contributed by atoms with Gasteiger partial charge in [0, 0.05) is 17.6 Å². The summed E-state index contributed by atoms with van der Waals surface area (Å²) in [5, 5.41) is 3.20. The van der Waals surface area contributed by atoms with Crippen molar-refractivity contribution < 1.29 is 4.79 Å². The summed E-state index contributed by atoms with van der Waals surface area (Å²) in [7, 11) is 0. The number of benzene rings is 3. The number of carbonyl (C=O) groups excluding carboxylic acids is 1. The van der Waals surface area contributed by atoms with Gasteiger partial charge >= 0.3 is 6.03 Å². The monoisotopic (exact) mass is 435 g/mol. The molecule has 1 aromatic heterocycles. The molecule has 4 nitrogen and oxygen atoms in total. The van der Waals surface area contributed by atoms with Gasteiger partial charge in [-0.2, -0.15) is 0 Å². The van der Waals surface area contributed by atoms with Gasteiger partial charge in [0.2, 0.25) is 0 Å². The molecule has 166 valence electrons. The number of rotatable bonds is 3. The van der Waals surface area contributed by atoms with Crippen molar-refractivity contribution in [2.24, 2.45) is 0 Å². The summed E-state index contributed by atoms with van der Waals surface area (Å²) in [6.07, 6.45) is 3.08. The van der Waals surface area contributed by atoms with Gasteiger partial charge in [0.25, 0.3) is 0 Å². The van der Waals surface area contributed by atoms with Crippen LogP contribution in [0.3, 0.4) is 0 Å². The highest BCUT2D eigenvalue weighted by Gasteiger charge is 2.33. The topological polar surface area (TPSA) is 37.3 Å². The summed E-state index contributed by atoms with van der Waals surface area (Å²) in [5.74, 6) is 0. The maximum Gasteiger partial charge on any atom is 0.322 e. The number of amides is 2. The standard InChI is InChI=1S/C29H29N3O/c1-4-22-13-15-23(16-14-22)28-27-10-7-17-31(27)26-9-6-5-8-24(26)19-32(28)29(33)30-25-18-20(2)11-12-21(25)3/h5-18,28H,4,19H2,1-3H3,(H,30,33)/t28-/m1/s1. The van der Waals surface area contributed by atoms with E-state index >= 15 is 0 Å². The van der Waals surface area contributed by atoms with Crippen LogP contribution in [0.25, 0.3) is 5.69 Å². The number of aryl methyl sites for hydroxylation is 3. The van der Waals surface area contributed by atoms with Gasteiger partial charge in [0.15, 0.2) is 0 Å². The molecule has 1 N–H and O–H groups in total. The van der Waals surface area contributed by atoms with E-state index in [2.05, 4.69) is 89.7 Å². The van der Waals surface area contributed by atoms with Gasteiger partial charge in [-0.3, -0.25) is 0 Å². The number of hydrogen-bond donors (Lipinski definition) is 1. The van der Waals surface area contributed by atoms with E-state index in [1.165, 1.54) is 5.56 Å². The van der Waals surface area contributed by atoms with E-state index in [4.69, 9.17) is 0 Å². The minimum absolute atomic E-state index is 0.0993. The molecule has 33 heavy (non-hydrogen) atoms. The molecule has 0 unspecified atom stereocenters. The molecule has 0 saturated carbocycles. The predicted octanol–water partition coefficient (Wildman–Crippen LogP) is 6.79. The third-order valence-electron chi connectivity index (χ3n) is 6.56. The van der Waals surface area contributed by atoms with Gasteiger partial charge in [0.1, 0.15) is 0 Å². The van der Waals surface area contributed by atoms with Crippen LogP contribution in [0.15, 0.2) is 85.1 Å². The lowest BCUT2D eigenvalue weighted by Gasteiger charge is -2.31. The first-order valence-electron chi connectivity index (χ1n) is 11.5. The minimum Gasteiger partial charge on any atom is -0.318 e. The summed E-state index contributed by atoms with van der Waals surface area (Å²) in [6.45, 7) is 6.75. The fraction of sp³-hybridized carbons (Fsp3) is 0.207. The summed E-state index contributed by atoms with van der Waals surface area (Å²) >= 11 is 0. The molecule has 0 spiro atoms. The van der Waals surface area contributed by atoms with Crippen molar-refractivity contribution in [2.75, 3.05) is 5.32 Å². The average Bonchev–Trinajstić information content (AvgIpc) is 3.26. The number of anilines is 1.